The SMILES string of the molecule is Cc1sc2ncnc(NCC(=O)NC3CCCCC3)c2c1C. The van der Waals surface area contributed by atoms with Crippen LogP contribution >= 0.6 is 11.3 Å². The van der Waals surface area contributed by atoms with E-state index in [-0.39, 0.29) is 12.5 Å². The van der Waals surface area contributed by atoms with Crippen LogP contribution in [0.3, 0.4) is 0 Å². The zero-order valence-corrected chi connectivity index (χ0v) is 13.9. The fourth-order valence-corrected chi connectivity index (χ4v) is 4.00. The molecule has 2 aromatic rings. The molecule has 118 valence electrons. The molecule has 0 bridgehead atoms. The first-order valence-corrected chi connectivity index (χ1v) is 8.70. The van der Waals surface area contributed by atoms with Crippen LogP contribution in [-0.2, 0) is 4.79 Å². The standard InChI is InChI=1S/C16H22N4OS/c1-10-11(2)22-16-14(10)15(18-9-19-16)17-8-13(21)20-12-6-4-3-5-7-12/h9,12H,3-8H2,1-2H3,(H,20,21)(H,17,18,19). The highest BCUT2D eigenvalue weighted by atomic mass is 32.1. The van der Waals surface area contributed by atoms with E-state index in [1.807, 2.05) is 0 Å². The van der Waals surface area contributed by atoms with Gasteiger partial charge in [0, 0.05) is 10.9 Å². The summed E-state index contributed by atoms with van der Waals surface area (Å²) in [5.41, 5.74) is 1.19. The summed E-state index contributed by atoms with van der Waals surface area (Å²) in [4.78, 5) is 22.9. The Morgan fingerprint density at radius 1 is 1.27 bits per heavy atom. The molecule has 2 N–H and O–H groups in total. The van der Waals surface area contributed by atoms with Gasteiger partial charge in [0.1, 0.15) is 17.0 Å². The lowest BCUT2D eigenvalue weighted by Gasteiger charge is -2.22. The van der Waals surface area contributed by atoms with Crippen molar-refractivity contribution in [2.45, 2.75) is 52.0 Å². The molecular weight excluding hydrogens is 296 g/mol. The molecule has 1 fully saturated rings. The minimum atomic E-state index is 0.0447. The van der Waals surface area contributed by atoms with Gasteiger partial charge in [-0.15, -0.1) is 11.3 Å². The number of nitrogens with zero attached hydrogens (tertiary/aromatic N) is 2. The summed E-state index contributed by atoms with van der Waals surface area (Å²) in [7, 11) is 0. The highest BCUT2D eigenvalue weighted by molar-refractivity contribution is 7.18. The van der Waals surface area contributed by atoms with Gasteiger partial charge in [0.05, 0.1) is 11.9 Å². The van der Waals surface area contributed by atoms with Gasteiger partial charge in [-0.1, -0.05) is 19.3 Å². The number of hydrogen-bond acceptors (Lipinski definition) is 5. The molecule has 0 aromatic carbocycles. The monoisotopic (exact) mass is 318 g/mol. The van der Waals surface area contributed by atoms with Crippen molar-refractivity contribution in [2.75, 3.05) is 11.9 Å². The molecule has 0 saturated heterocycles. The maximum Gasteiger partial charge on any atom is 0.239 e. The third-order valence-corrected chi connectivity index (χ3v) is 5.47. The van der Waals surface area contributed by atoms with Crippen molar-refractivity contribution >= 4 is 33.3 Å². The number of thiophene rings is 1. The van der Waals surface area contributed by atoms with Gasteiger partial charge in [0.15, 0.2) is 0 Å². The molecule has 0 atom stereocenters. The van der Waals surface area contributed by atoms with Crippen molar-refractivity contribution in [2.24, 2.45) is 0 Å². The maximum atomic E-state index is 12.1. The van der Waals surface area contributed by atoms with Gasteiger partial charge in [0.2, 0.25) is 5.91 Å². The molecular formula is C16H22N4OS. The number of aromatic nitrogens is 2. The summed E-state index contributed by atoms with van der Waals surface area (Å²) in [5, 5.41) is 7.33. The first kappa shape index (κ1) is 15.2. The van der Waals surface area contributed by atoms with Gasteiger partial charge >= 0.3 is 0 Å². The van der Waals surface area contributed by atoms with Crippen LogP contribution in [0, 0.1) is 13.8 Å². The summed E-state index contributed by atoms with van der Waals surface area (Å²) in [5.74, 6) is 0.800. The maximum absolute atomic E-state index is 12.1. The van der Waals surface area contributed by atoms with Crippen molar-refractivity contribution in [1.29, 1.82) is 0 Å². The third kappa shape index (κ3) is 3.21. The average molecular weight is 318 g/mol. The minimum Gasteiger partial charge on any atom is -0.360 e. The van der Waals surface area contributed by atoms with E-state index in [1.54, 1.807) is 17.7 Å². The molecule has 1 aliphatic rings. The molecule has 0 spiro atoms. The number of nitrogens with one attached hydrogen (secondary N) is 2. The fraction of sp³-hybridized carbons (Fsp3) is 0.562. The zero-order valence-electron chi connectivity index (χ0n) is 13.1. The lowest BCUT2D eigenvalue weighted by molar-refractivity contribution is -0.120. The van der Waals surface area contributed by atoms with Crippen LogP contribution in [0.15, 0.2) is 6.33 Å². The van der Waals surface area contributed by atoms with E-state index in [1.165, 1.54) is 29.7 Å². The van der Waals surface area contributed by atoms with Crippen LogP contribution in [0.25, 0.3) is 10.2 Å². The third-order valence-electron chi connectivity index (χ3n) is 4.35. The van der Waals surface area contributed by atoms with E-state index < -0.39 is 0 Å². The Balaban J connectivity index is 1.65. The summed E-state index contributed by atoms with van der Waals surface area (Å²) in [6, 6.07) is 0.346. The van der Waals surface area contributed by atoms with Crippen molar-refractivity contribution in [1.82, 2.24) is 15.3 Å². The molecule has 6 heteroatoms. The van der Waals surface area contributed by atoms with Gasteiger partial charge in [0.25, 0.3) is 0 Å². The first-order chi connectivity index (χ1) is 10.6. The molecule has 1 aliphatic carbocycles. The smallest absolute Gasteiger partial charge is 0.239 e. The second-order valence-corrected chi connectivity index (χ2v) is 7.14. The topological polar surface area (TPSA) is 66.9 Å². The Morgan fingerprint density at radius 3 is 2.82 bits per heavy atom. The molecule has 3 rings (SSSR count). The van der Waals surface area contributed by atoms with E-state index >= 15 is 0 Å². The normalized spacial score (nSPS) is 15.9. The largest absolute Gasteiger partial charge is 0.360 e. The molecule has 0 aliphatic heterocycles. The molecule has 1 saturated carbocycles. The van der Waals surface area contributed by atoms with Crippen LogP contribution < -0.4 is 10.6 Å². The molecule has 22 heavy (non-hydrogen) atoms. The number of anilines is 1. The Morgan fingerprint density at radius 2 is 2.05 bits per heavy atom. The average Bonchev–Trinajstić information content (AvgIpc) is 2.82. The zero-order chi connectivity index (χ0) is 15.5. The van der Waals surface area contributed by atoms with Crippen molar-refractivity contribution in [3.8, 4) is 0 Å². The first-order valence-electron chi connectivity index (χ1n) is 7.89. The van der Waals surface area contributed by atoms with Crippen LogP contribution in [-0.4, -0.2) is 28.5 Å². The van der Waals surface area contributed by atoms with E-state index in [0.717, 1.165) is 28.9 Å². The van der Waals surface area contributed by atoms with Crippen molar-refractivity contribution < 1.29 is 4.79 Å². The Bertz CT molecular complexity index is 676. The predicted octanol–water partition coefficient (Wildman–Crippen LogP) is 3.17. The van der Waals surface area contributed by atoms with E-state index in [9.17, 15) is 4.79 Å². The summed E-state index contributed by atoms with van der Waals surface area (Å²) < 4.78 is 0. The molecule has 0 unspecified atom stereocenters. The second kappa shape index (κ2) is 6.60. The highest BCUT2D eigenvalue weighted by Crippen LogP contribution is 2.32. The lowest BCUT2D eigenvalue weighted by atomic mass is 9.95. The summed E-state index contributed by atoms with van der Waals surface area (Å²) >= 11 is 1.66. The number of amides is 1. The molecule has 2 aromatic heterocycles. The van der Waals surface area contributed by atoms with Crippen LogP contribution in [0.1, 0.15) is 42.5 Å². The minimum absolute atomic E-state index is 0.0447. The molecule has 2 heterocycles. The Hall–Kier alpha value is -1.69. The van der Waals surface area contributed by atoms with E-state index in [4.69, 9.17) is 0 Å². The number of rotatable bonds is 4. The number of aryl methyl sites for hydroxylation is 2. The predicted molar refractivity (Wildman–Crippen MR) is 90.4 cm³/mol. The quantitative estimate of drug-likeness (QED) is 0.908. The number of carbonyl (C=O) groups is 1. The van der Waals surface area contributed by atoms with Gasteiger partial charge in [-0.2, -0.15) is 0 Å². The lowest BCUT2D eigenvalue weighted by Crippen LogP contribution is -2.39. The van der Waals surface area contributed by atoms with Crippen LogP contribution in [0.4, 0.5) is 5.82 Å². The number of fused-ring (bicyclic) bond motifs is 1. The second-order valence-electron chi connectivity index (χ2n) is 5.94. The Labute approximate surface area is 134 Å². The molecule has 1 amide bonds. The van der Waals surface area contributed by atoms with Gasteiger partial charge in [-0.3, -0.25) is 4.79 Å². The number of hydrogen-bond donors (Lipinski definition) is 2. The van der Waals surface area contributed by atoms with Gasteiger partial charge < -0.3 is 10.6 Å². The van der Waals surface area contributed by atoms with Crippen molar-refractivity contribution in [3.05, 3.63) is 16.8 Å². The fourth-order valence-electron chi connectivity index (χ4n) is 3.01. The molecule has 5 nitrogen and oxygen atoms in total. The Kier molecular flexibility index (Phi) is 4.57. The van der Waals surface area contributed by atoms with E-state index in [0.29, 0.717) is 6.04 Å². The summed E-state index contributed by atoms with van der Waals surface area (Å²) in [6.07, 6.45) is 7.49. The van der Waals surface area contributed by atoms with E-state index in [2.05, 4.69) is 34.4 Å². The van der Waals surface area contributed by atoms with Crippen molar-refractivity contribution in [3.63, 3.8) is 0 Å². The summed E-state index contributed by atoms with van der Waals surface area (Å²) in [6.45, 7) is 4.42. The molecule has 0 radical (unpaired) electrons. The van der Waals surface area contributed by atoms with Crippen LogP contribution in [0.5, 0.6) is 0 Å². The number of carbonyl (C=O) groups excluding carboxylic acids is 1. The van der Waals surface area contributed by atoms with Crippen LogP contribution in [0.2, 0.25) is 0 Å². The van der Waals surface area contributed by atoms with Gasteiger partial charge in [-0.25, -0.2) is 9.97 Å². The van der Waals surface area contributed by atoms with Gasteiger partial charge in [-0.05, 0) is 32.3 Å². The highest BCUT2D eigenvalue weighted by Gasteiger charge is 2.16.